The molecule has 0 bridgehead atoms. The molecule has 0 aromatic carbocycles. The van der Waals surface area contributed by atoms with E-state index in [1.807, 2.05) is 0 Å². The van der Waals surface area contributed by atoms with Gasteiger partial charge in [0.25, 0.3) is 0 Å². The zero-order chi connectivity index (χ0) is 5.82. The summed E-state index contributed by atoms with van der Waals surface area (Å²) in [4.78, 5) is 0. The van der Waals surface area contributed by atoms with Crippen molar-refractivity contribution in [2.45, 2.75) is 6.04 Å². The third kappa shape index (κ3) is 1.43. The van der Waals surface area contributed by atoms with Crippen LogP contribution in [0, 0.1) is 0 Å². The monoisotopic (exact) mass is 114 g/mol. The molecule has 1 heterocycles. The van der Waals surface area contributed by atoms with E-state index in [-0.39, 0.29) is 0 Å². The molecule has 8 heavy (non-hydrogen) atoms. The van der Waals surface area contributed by atoms with E-state index in [2.05, 4.69) is 10.6 Å². The van der Waals surface area contributed by atoms with Gasteiger partial charge in [-0.3, -0.25) is 5.73 Å². The van der Waals surface area contributed by atoms with Crippen LogP contribution in [-0.4, -0.2) is 32.2 Å². The molecule has 1 fully saturated rings. The van der Waals surface area contributed by atoms with E-state index in [1.54, 1.807) is 0 Å². The molecule has 3 heteroatoms. The topological polar surface area (TPSA) is 47.9 Å². The first-order chi connectivity index (χ1) is 3.93. The quantitative estimate of drug-likeness (QED) is 0.451. The fraction of sp³-hybridized carbons (Fsp3) is 1.00. The Morgan fingerprint density at radius 1 is 1.50 bits per heavy atom. The lowest BCUT2D eigenvalue weighted by Crippen LogP contribution is -2.50. The van der Waals surface area contributed by atoms with Crippen LogP contribution >= 0.6 is 0 Å². The zero-order valence-electron chi connectivity index (χ0n) is 4.91. The maximum Gasteiger partial charge on any atom is 0.0332 e. The molecule has 1 aliphatic rings. The molecule has 0 spiro atoms. The summed E-state index contributed by atoms with van der Waals surface area (Å²) in [5.41, 5.74) is 6.99. The van der Waals surface area contributed by atoms with E-state index in [9.17, 15) is 0 Å². The second kappa shape index (κ2) is 3.02. The summed E-state index contributed by atoms with van der Waals surface area (Å²) in [5, 5.41) is 6.42. The summed E-state index contributed by atoms with van der Waals surface area (Å²) in [6, 6.07) is 0.392. The summed E-state index contributed by atoms with van der Waals surface area (Å²) < 4.78 is 0. The van der Waals surface area contributed by atoms with Crippen LogP contribution < -0.4 is 16.4 Å². The van der Waals surface area contributed by atoms with E-state index in [1.165, 1.54) is 0 Å². The van der Waals surface area contributed by atoms with Crippen molar-refractivity contribution < 1.29 is 0 Å². The average Bonchev–Trinajstić information content (AvgIpc) is 1.90. The highest BCUT2D eigenvalue weighted by Crippen LogP contribution is 1.81. The Morgan fingerprint density at radius 3 is 2.75 bits per heavy atom. The predicted molar refractivity (Wildman–Crippen MR) is 32.6 cm³/mol. The van der Waals surface area contributed by atoms with Crippen molar-refractivity contribution in [3.8, 4) is 0 Å². The summed E-state index contributed by atoms with van der Waals surface area (Å²) in [6.07, 6.45) is 0. The summed E-state index contributed by atoms with van der Waals surface area (Å²) in [6.45, 7) is 3.52. The largest absolute Gasteiger partial charge is 0.314 e. The van der Waals surface area contributed by atoms with Gasteiger partial charge in [0.15, 0.2) is 0 Å². The smallest absolute Gasteiger partial charge is 0.0332 e. The van der Waals surface area contributed by atoms with Crippen LogP contribution in [0.4, 0.5) is 0 Å². The summed E-state index contributed by atoms with van der Waals surface area (Å²) >= 11 is 0. The van der Waals surface area contributed by atoms with Gasteiger partial charge in [-0.05, 0) is 0 Å². The molecule has 3 nitrogen and oxygen atoms in total. The van der Waals surface area contributed by atoms with Crippen LogP contribution in [0.25, 0.3) is 0 Å². The number of hydrogen-bond acceptors (Lipinski definition) is 2. The molecule has 1 aliphatic heterocycles. The maximum absolute atomic E-state index is 6.99. The van der Waals surface area contributed by atoms with Gasteiger partial charge in [-0.25, -0.2) is 0 Å². The van der Waals surface area contributed by atoms with Gasteiger partial charge in [-0.15, -0.1) is 0 Å². The van der Waals surface area contributed by atoms with Gasteiger partial charge in [-0.1, -0.05) is 0 Å². The van der Waals surface area contributed by atoms with E-state index < -0.39 is 0 Å². The number of rotatable bonds is 1. The molecule has 0 aromatic heterocycles. The minimum atomic E-state index is 0.392. The lowest BCUT2D eigenvalue weighted by molar-refractivity contribution is 0.422. The zero-order valence-corrected chi connectivity index (χ0v) is 4.91. The summed E-state index contributed by atoms with van der Waals surface area (Å²) in [7, 11) is 0. The molecule has 1 rings (SSSR count). The van der Waals surface area contributed by atoms with Crippen LogP contribution in [0.1, 0.15) is 0 Å². The van der Waals surface area contributed by atoms with Gasteiger partial charge < -0.3 is 10.6 Å². The molecule has 1 unspecified atom stereocenters. The van der Waals surface area contributed by atoms with E-state index in [0.717, 1.165) is 19.6 Å². The van der Waals surface area contributed by atoms with Gasteiger partial charge in [0.1, 0.15) is 0 Å². The fourth-order valence-electron chi connectivity index (χ4n) is 0.857. The summed E-state index contributed by atoms with van der Waals surface area (Å²) in [5.74, 6) is 0. The van der Waals surface area contributed by atoms with Gasteiger partial charge in [0.2, 0.25) is 0 Å². The lowest BCUT2D eigenvalue weighted by Gasteiger charge is -2.22. The minimum Gasteiger partial charge on any atom is -0.314 e. The Bertz CT molecular complexity index is 58.7. The van der Waals surface area contributed by atoms with Gasteiger partial charge in [0.05, 0.1) is 0 Å². The molecule has 0 aliphatic carbocycles. The first-order valence-corrected chi connectivity index (χ1v) is 3.02. The highest BCUT2D eigenvalue weighted by molar-refractivity contribution is 4.74. The maximum atomic E-state index is 6.99. The van der Waals surface area contributed by atoms with Crippen LogP contribution in [0.3, 0.4) is 0 Å². The van der Waals surface area contributed by atoms with Crippen molar-refractivity contribution >= 4 is 0 Å². The van der Waals surface area contributed by atoms with E-state index in [4.69, 9.17) is 5.73 Å². The van der Waals surface area contributed by atoms with Gasteiger partial charge in [0, 0.05) is 32.2 Å². The van der Waals surface area contributed by atoms with Crippen LogP contribution in [-0.2, 0) is 0 Å². The predicted octanol–water partition coefficient (Wildman–Crippen LogP) is -1.17. The average molecular weight is 114 g/mol. The van der Waals surface area contributed by atoms with Crippen LogP contribution in [0.5, 0.6) is 0 Å². The molecule has 0 saturated carbocycles. The molecule has 0 amide bonds. The molecular weight excluding hydrogens is 102 g/mol. The Balaban J connectivity index is 2.13. The Morgan fingerprint density at radius 2 is 2.38 bits per heavy atom. The number of hydrogen-bond donors (Lipinski definition) is 2. The molecule has 1 atom stereocenters. The van der Waals surface area contributed by atoms with Gasteiger partial charge >= 0.3 is 0 Å². The standard InChI is InChI=1S/C5H12N3/c6-3-5-4-7-1-2-8-5/h5-8H,1-4H2. The van der Waals surface area contributed by atoms with E-state index in [0.29, 0.717) is 12.6 Å². The Hall–Kier alpha value is -0.120. The SMILES string of the molecule is [NH]CC1CNCCN1. The number of nitrogens with one attached hydrogen (secondary N) is 3. The molecule has 47 valence electrons. The first-order valence-electron chi connectivity index (χ1n) is 3.02. The third-order valence-electron chi connectivity index (χ3n) is 1.37. The lowest BCUT2D eigenvalue weighted by atomic mass is 10.2. The van der Waals surface area contributed by atoms with Crippen LogP contribution in [0.2, 0.25) is 0 Å². The number of piperazine rings is 1. The first kappa shape index (κ1) is 6.01. The van der Waals surface area contributed by atoms with Crippen molar-refractivity contribution in [1.29, 1.82) is 0 Å². The Labute approximate surface area is 49.6 Å². The second-order valence-corrected chi connectivity index (χ2v) is 2.06. The van der Waals surface area contributed by atoms with Crippen molar-refractivity contribution in [2.75, 3.05) is 26.2 Å². The molecule has 1 radical (unpaired) electrons. The molecule has 3 N–H and O–H groups in total. The van der Waals surface area contributed by atoms with Crippen molar-refractivity contribution in [2.24, 2.45) is 0 Å². The van der Waals surface area contributed by atoms with Crippen molar-refractivity contribution in [3.63, 3.8) is 0 Å². The second-order valence-electron chi connectivity index (χ2n) is 2.06. The highest BCUT2D eigenvalue weighted by Gasteiger charge is 2.08. The van der Waals surface area contributed by atoms with E-state index >= 15 is 0 Å². The normalized spacial score (nSPS) is 30.4. The molecule has 1 saturated heterocycles. The van der Waals surface area contributed by atoms with Gasteiger partial charge in [-0.2, -0.15) is 0 Å². The van der Waals surface area contributed by atoms with Crippen molar-refractivity contribution in [1.82, 2.24) is 16.4 Å². The third-order valence-corrected chi connectivity index (χ3v) is 1.37. The van der Waals surface area contributed by atoms with Crippen molar-refractivity contribution in [3.05, 3.63) is 0 Å². The fourth-order valence-corrected chi connectivity index (χ4v) is 0.857. The van der Waals surface area contributed by atoms with Crippen LogP contribution in [0.15, 0.2) is 0 Å². The minimum absolute atomic E-state index is 0.392. The Kier molecular flexibility index (Phi) is 2.27. The molecule has 0 aromatic rings. The highest BCUT2D eigenvalue weighted by atomic mass is 15.1. The molecular formula is C5H12N3.